The van der Waals surface area contributed by atoms with Gasteiger partial charge in [-0.05, 0) is 6.92 Å². The average Bonchev–Trinajstić information content (AvgIpc) is 2.16. The smallest absolute Gasteiger partial charge is 0.284 e. The fourth-order valence-electron chi connectivity index (χ4n) is 1.32. The summed E-state index contributed by atoms with van der Waals surface area (Å²) in [6.07, 6.45) is 0. The number of nitrogens with two attached hydrogens (primary N) is 1. The molecule has 0 fully saturated rings. The van der Waals surface area contributed by atoms with Crippen LogP contribution in [0.3, 0.4) is 0 Å². The lowest BCUT2D eigenvalue weighted by molar-refractivity contribution is 0.0222. The van der Waals surface area contributed by atoms with Gasteiger partial charge in [-0.25, -0.2) is 8.78 Å². The zero-order valence-electron chi connectivity index (χ0n) is 9.03. The van der Waals surface area contributed by atoms with E-state index in [0.29, 0.717) is 0 Å². The number of hydrogen-bond acceptors (Lipinski definition) is 2. The van der Waals surface area contributed by atoms with E-state index in [9.17, 15) is 13.0 Å². The maximum Gasteiger partial charge on any atom is 0.284 e. The van der Waals surface area contributed by atoms with Crippen LogP contribution in [0.1, 0.15) is 12.5 Å². The van der Waals surface area contributed by atoms with Crippen molar-refractivity contribution < 1.29 is 13.0 Å². The van der Waals surface area contributed by atoms with Gasteiger partial charge in [-0.1, -0.05) is 30.3 Å². The van der Waals surface area contributed by atoms with Crippen molar-refractivity contribution in [3.8, 4) is 0 Å². The molecule has 1 aromatic rings. The lowest BCUT2D eigenvalue weighted by Gasteiger charge is -2.16. The van der Waals surface area contributed by atoms with E-state index in [1.807, 2.05) is 0 Å². The van der Waals surface area contributed by atoms with E-state index in [-0.39, 0.29) is 17.4 Å². The summed E-state index contributed by atoms with van der Waals surface area (Å²) in [5.74, 6) is -3.62. The first kappa shape index (κ1) is 13.3. The van der Waals surface area contributed by atoms with Crippen molar-refractivity contribution in [3.05, 3.63) is 35.9 Å². The van der Waals surface area contributed by atoms with Crippen molar-refractivity contribution in [1.82, 2.24) is 0 Å². The molecule has 2 unspecified atom stereocenters. The third-order valence-electron chi connectivity index (χ3n) is 1.99. The molecule has 0 saturated heterocycles. The maximum absolute atomic E-state index is 13.6. The Morgan fingerprint density at radius 2 is 1.94 bits per heavy atom. The van der Waals surface area contributed by atoms with Crippen molar-refractivity contribution in [2.75, 3.05) is 11.5 Å². The number of hydrogen-bond donors (Lipinski definition) is 1. The molecule has 0 aliphatic carbocycles. The summed E-state index contributed by atoms with van der Waals surface area (Å²) < 4.78 is 38.6. The average molecular weight is 247 g/mol. The normalized spacial score (nSPS) is 15.8. The van der Waals surface area contributed by atoms with Crippen LogP contribution in [-0.4, -0.2) is 21.8 Å². The number of halogens is 2. The lowest BCUT2D eigenvalue weighted by Crippen LogP contribution is -2.29. The Morgan fingerprint density at radius 3 is 2.44 bits per heavy atom. The third kappa shape index (κ3) is 3.98. The van der Waals surface area contributed by atoms with Crippen molar-refractivity contribution in [2.24, 2.45) is 5.73 Å². The molecule has 90 valence electrons. The molecule has 0 heterocycles. The molecular weight excluding hydrogens is 232 g/mol. The third-order valence-corrected chi connectivity index (χ3v) is 3.57. The topological polar surface area (TPSA) is 43.1 Å². The molecule has 2 nitrogen and oxygen atoms in total. The molecule has 5 heteroatoms. The highest BCUT2D eigenvalue weighted by atomic mass is 32.2. The molecule has 2 atom stereocenters. The summed E-state index contributed by atoms with van der Waals surface area (Å²) in [7, 11) is -1.60. The fraction of sp³-hybridized carbons (Fsp3) is 0.455. The van der Waals surface area contributed by atoms with Gasteiger partial charge in [0.05, 0.1) is 5.75 Å². The highest BCUT2D eigenvalue weighted by Gasteiger charge is 2.33. The van der Waals surface area contributed by atoms with Crippen molar-refractivity contribution in [2.45, 2.75) is 18.9 Å². The molecule has 0 aromatic heterocycles. The predicted molar refractivity (Wildman–Crippen MR) is 61.9 cm³/mol. The van der Waals surface area contributed by atoms with Crippen LogP contribution in [0.2, 0.25) is 0 Å². The summed E-state index contributed by atoms with van der Waals surface area (Å²) >= 11 is 0. The first-order valence-electron chi connectivity index (χ1n) is 4.96. The van der Waals surface area contributed by atoms with E-state index < -0.39 is 22.5 Å². The van der Waals surface area contributed by atoms with Gasteiger partial charge in [0.15, 0.2) is 0 Å². The summed E-state index contributed by atoms with van der Waals surface area (Å²) in [4.78, 5) is 0. The Bertz CT molecular complexity index is 354. The predicted octanol–water partition coefficient (Wildman–Crippen LogP) is 1.87. The fourth-order valence-corrected chi connectivity index (χ4v) is 2.59. The minimum atomic E-state index is -3.05. The van der Waals surface area contributed by atoms with Gasteiger partial charge in [0.1, 0.15) is 0 Å². The standard InChI is InChI=1S/C11H15F2NOS/c1-9(14)7-16(15)8-11(12,13)10-5-3-2-4-6-10/h2-6,9H,7-8,14H2,1H3. The largest absolute Gasteiger partial charge is 0.327 e. The van der Waals surface area contributed by atoms with Gasteiger partial charge in [-0.2, -0.15) is 0 Å². The van der Waals surface area contributed by atoms with Crippen molar-refractivity contribution >= 4 is 10.8 Å². The van der Waals surface area contributed by atoms with Crippen molar-refractivity contribution in [3.63, 3.8) is 0 Å². The maximum atomic E-state index is 13.6. The van der Waals surface area contributed by atoms with Gasteiger partial charge < -0.3 is 5.73 Å². The SMILES string of the molecule is CC(N)CS(=O)CC(F)(F)c1ccccc1. The first-order chi connectivity index (χ1) is 7.42. The van der Waals surface area contributed by atoms with Crippen LogP contribution in [0.15, 0.2) is 30.3 Å². The van der Waals surface area contributed by atoms with Crippen LogP contribution < -0.4 is 5.73 Å². The highest BCUT2D eigenvalue weighted by molar-refractivity contribution is 7.85. The van der Waals surface area contributed by atoms with Crippen LogP contribution in [0.4, 0.5) is 8.78 Å². The van der Waals surface area contributed by atoms with Gasteiger partial charge in [0.2, 0.25) is 0 Å². The molecule has 1 aromatic carbocycles. The summed E-state index contributed by atoms with van der Waals surface area (Å²) in [5, 5.41) is 0. The summed E-state index contributed by atoms with van der Waals surface area (Å²) in [5.41, 5.74) is 5.31. The molecule has 0 spiro atoms. The van der Waals surface area contributed by atoms with Gasteiger partial charge in [-0.3, -0.25) is 4.21 Å². The van der Waals surface area contributed by atoms with E-state index in [2.05, 4.69) is 0 Å². The molecule has 0 saturated carbocycles. The first-order valence-corrected chi connectivity index (χ1v) is 6.44. The van der Waals surface area contributed by atoms with Crippen LogP contribution in [0.5, 0.6) is 0 Å². The molecule has 0 aliphatic heterocycles. The summed E-state index contributed by atoms with van der Waals surface area (Å²) in [6.45, 7) is 1.65. The second kappa shape index (κ2) is 5.50. The Balaban J connectivity index is 2.69. The second-order valence-electron chi connectivity index (χ2n) is 3.80. The van der Waals surface area contributed by atoms with Gasteiger partial charge in [-0.15, -0.1) is 0 Å². The zero-order valence-corrected chi connectivity index (χ0v) is 9.84. The highest BCUT2D eigenvalue weighted by Crippen LogP contribution is 2.28. The zero-order chi connectivity index (χ0) is 12.2. The quantitative estimate of drug-likeness (QED) is 0.863. The van der Waals surface area contributed by atoms with Crippen molar-refractivity contribution in [1.29, 1.82) is 0 Å². The molecule has 0 amide bonds. The minimum Gasteiger partial charge on any atom is -0.327 e. The van der Waals surface area contributed by atoms with E-state index in [4.69, 9.17) is 5.73 Å². The van der Waals surface area contributed by atoms with Crippen LogP contribution >= 0.6 is 0 Å². The number of rotatable bonds is 5. The molecule has 0 bridgehead atoms. The molecule has 1 rings (SSSR count). The molecule has 2 N–H and O–H groups in total. The monoisotopic (exact) mass is 247 g/mol. The van der Waals surface area contributed by atoms with Crippen LogP contribution in [0, 0.1) is 0 Å². The number of benzene rings is 1. The Hall–Kier alpha value is -0.810. The number of alkyl halides is 2. The van der Waals surface area contributed by atoms with E-state index >= 15 is 0 Å². The van der Waals surface area contributed by atoms with E-state index in [1.165, 1.54) is 24.3 Å². The van der Waals surface area contributed by atoms with Gasteiger partial charge in [0.25, 0.3) is 5.92 Å². The Labute approximate surface area is 96.3 Å². The molecular formula is C11H15F2NOS. The van der Waals surface area contributed by atoms with Crippen LogP contribution in [-0.2, 0) is 16.7 Å². The lowest BCUT2D eigenvalue weighted by atomic mass is 10.1. The van der Waals surface area contributed by atoms with Crippen LogP contribution in [0.25, 0.3) is 0 Å². The van der Waals surface area contributed by atoms with Gasteiger partial charge in [0, 0.05) is 28.2 Å². The molecule has 16 heavy (non-hydrogen) atoms. The minimum absolute atomic E-state index is 0.0996. The second-order valence-corrected chi connectivity index (χ2v) is 5.30. The molecule has 0 aliphatic rings. The summed E-state index contributed by atoms with van der Waals surface area (Å²) in [6, 6.07) is 7.09. The Kier molecular flexibility index (Phi) is 4.56. The molecule has 0 radical (unpaired) electrons. The van der Waals surface area contributed by atoms with Gasteiger partial charge >= 0.3 is 0 Å². The van der Waals surface area contributed by atoms with E-state index in [1.54, 1.807) is 13.0 Å². The Morgan fingerprint density at radius 1 is 1.38 bits per heavy atom. The van der Waals surface area contributed by atoms with E-state index in [0.717, 1.165) is 0 Å².